The largest absolute Gasteiger partial charge is 0.323 e. The van der Waals surface area contributed by atoms with Crippen LogP contribution in [-0.2, 0) is 6.42 Å². The molecule has 0 aliphatic rings. The van der Waals surface area contributed by atoms with E-state index in [-0.39, 0.29) is 6.04 Å². The lowest BCUT2D eigenvalue weighted by Crippen LogP contribution is -2.39. The highest BCUT2D eigenvalue weighted by Gasteiger charge is 2.18. The molecule has 0 aliphatic heterocycles. The fourth-order valence-corrected chi connectivity index (χ4v) is 2.29. The van der Waals surface area contributed by atoms with E-state index in [1.807, 2.05) is 30.6 Å². The standard InChI is InChI=1S/C17H23N3/c1-14(17(18)16-6-4-3-5-7-16)20(2)13-10-15-8-11-19-12-9-15/h3-9,11-12,14,17H,10,13,18H2,1-2H3. The number of likely N-dealkylation sites (N-methyl/N-ethyl adjacent to an activating group) is 1. The molecular formula is C17H23N3. The summed E-state index contributed by atoms with van der Waals surface area (Å²) in [6.07, 6.45) is 4.70. The molecule has 0 fully saturated rings. The molecule has 1 aromatic carbocycles. The summed E-state index contributed by atoms with van der Waals surface area (Å²) >= 11 is 0. The molecule has 3 nitrogen and oxygen atoms in total. The zero-order valence-corrected chi connectivity index (χ0v) is 12.2. The van der Waals surface area contributed by atoms with Crippen molar-refractivity contribution in [2.75, 3.05) is 13.6 Å². The molecule has 2 rings (SSSR count). The van der Waals surface area contributed by atoms with Crippen LogP contribution in [-0.4, -0.2) is 29.5 Å². The number of hydrogen-bond acceptors (Lipinski definition) is 3. The van der Waals surface area contributed by atoms with E-state index in [4.69, 9.17) is 5.73 Å². The van der Waals surface area contributed by atoms with Gasteiger partial charge in [0, 0.05) is 31.0 Å². The number of pyridine rings is 1. The van der Waals surface area contributed by atoms with Crippen molar-refractivity contribution in [1.29, 1.82) is 0 Å². The van der Waals surface area contributed by atoms with E-state index in [0.717, 1.165) is 13.0 Å². The Morgan fingerprint density at radius 3 is 2.40 bits per heavy atom. The van der Waals surface area contributed by atoms with Crippen LogP contribution in [0.25, 0.3) is 0 Å². The first-order valence-electron chi connectivity index (χ1n) is 7.08. The Morgan fingerprint density at radius 2 is 1.75 bits per heavy atom. The van der Waals surface area contributed by atoms with Gasteiger partial charge in [-0.2, -0.15) is 0 Å². The molecule has 106 valence electrons. The third-order valence-electron chi connectivity index (χ3n) is 3.90. The van der Waals surface area contributed by atoms with E-state index in [0.29, 0.717) is 6.04 Å². The first-order chi connectivity index (χ1) is 9.68. The lowest BCUT2D eigenvalue weighted by molar-refractivity contribution is 0.229. The zero-order valence-electron chi connectivity index (χ0n) is 12.2. The van der Waals surface area contributed by atoms with E-state index >= 15 is 0 Å². The lowest BCUT2D eigenvalue weighted by Gasteiger charge is -2.30. The summed E-state index contributed by atoms with van der Waals surface area (Å²) in [6.45, 7) is 3.18. The minimum atomic E-state index is 0.0404. The highest BCUT2D eigenvalue weighted by Crippen LogP contribution is 2.17. The maximum absolute atomic E-state index is 6.36. The van der Waals surface area contributed by atoms with Crippen molar-refractivity contribution in [3.63, 3.8) is 0 Å². The van der Waals surface area contributed by atoms with Gasteiger partial charge < -0.3 is 10.6 Å². The Kier molecular flexibility index (Phi) is 5.27. The Bertz CT molecular complexity index is 498. The van der Waals surface area contributed by atoms with Crippen LogP contribution in [0.5, 0.6) is 0 Å². The highest BCUT2D eigenvalue weighted by molar-refractivity contribution is 5.20. The summed E-state index contributed by atoms with van der Waals surface area (Å²) in [5.41, 5.74) is 8.86. The number of hydrogen-bond donors (Lipinski definition) is 1. The molecule has 0 amide bonds. The van der Waals surface area contributed by atoms with Crippen molar-refractivity contribution < 1.29 is 0 Å². The van der Waals surface area contributed by atoms with Gasteiger partial charge in [0.05, 0.1) is 0 Å². The molecule has 1 heterocycles. The van der Waals surface area contributed by atoms with Gasteiger partial charge in [0.25, 0.3) is 0 Å². The van der Waals surface area contributed by atoms with Gasteiger partial charge in [-0.25, -0.2) is 0 Å². The molecular weight excluding hydrogens is 246 g/mol. The van der Waals surface area contributed by atoms with Gasteiger partial charge in [0.15, 0.2) is 0 Å². The highest BCUT2D eigenvalue weighted by atomic mass is 15.1. The molecule has 2 aromatic rings. The van der Waals surface area contributed by atoms with Gasteiger partial charge >= 0.3 is 0 Å². The van der Waals surface area contributed by atoms with E-state index in [1.54, 1.807) is 0 Å². The molecule has 0 saturated heterocycles. The summed E-state index contributed by atoms with van der Waals surface area (Å²) in [5.74, 6) is 0. The average molecular weight is 269 g/mol. The molecule has 2 unspecified atom stereocenters. The molecule has 0 saturated carbocycles. The molecule has 0 aliphatic carbocycles. The number of benzene rings is 1. The number of aromatic nitrogens is 1. The van der Waals surface area contributed by atoms with E-state index in [9.17, 15) is 0 Å². The van der Waals surface area contributed by atoms with Crippen molar-refractivity contribution in [2.24, 2.45) is 5.73 Å². The fraction of sp³-hybridized carbons (Fsp3) is 0.353. The quantitative estimate of drug-likeness (QED) is 0.876. The predicted molar refractivity (Wildman–Crippen MR) is 83.4 cm³/mol. The van der Waals surface area contributed by atoms with Crippen LogP contribution in [0, 0.1) is 0 Å². The SMILES string of the molecule is CC(C(N)c1ccccc1)N(C)CCc1ccncc1. The van der Waals surface area contributed by atoms with Crippen LogP contribution in [0.2, 0.25) is 0 Å². The second-order valence-corrected chi connectivity index (χ2v) is 5.26. The second-order valence-electron chi connectivity index (χ2n) is 5.26. The number of rotatable bonds is 6. The Labute approximate surface area is 121 Å². The molecule has 3 heteroatoms. The van der Waals surface area contributed by atoms with Gasteiger partial charge in [0.1, 0.15) is 0 Å². The maximum atomic E-state index is 6.36. The lowest BCUT2D eigenvalue weighted by atomic mass is 10.0. The smallest absolute Gasteiger partial charge is 0.0450 e. The van der Waals surface area contributed by atoms with Crippen LogP contribution >= 0.6 is 0 Å². The molecule has 20 heavy (non-hydrogen) atoms. The molecule has 2 atom stereocenters. The summed E-state index contributed by atoms with van der Waals surface area (Å²) in [4.78, 5) is 6.36. The van der Waals surface area contributed by atoms with Gasteiger partial charge in [-0.15, -0.1) is 0 Å². The van der Waals surface area contributed by atoms with E-state index < -0.39 is 0 Å². The van der Waals surface area contributed by atoms with Gasteiger partial charge in [-0.3, -0.25) is 4.98 Å². The fourth-order valence-electron chi connectivity index (χ4n) is 2.29. The normalized spacial score (nSPS) is 14.2. The van der Waals surface area contributed by atoms with Crippen molar-refractivity contribution in [1.82, 2.24) is 9.88 Å². The third-order valence-corrected chi connectivity index (χ3v) is 3.90. The summed E-state index contributed by atoms with van der Waals surface area (Å²) in [6, 6.07) is 14.8. The number of nitrogens with two attached hydrogens (primary N) is 1. The Morgan fingerprint density at radius 1 is 1.10 bits per heavy atom. The number of nitrogens with zero attached hydrogens (tertiary/aromatic N) is 2. The molecule has 0 radical (unpaired) electrons. The topological polar surface area (TPSA) is 42.1 Å². The van der Waals surface area contributed by atoms with E-state index in [1.165, 1.54) is 11.1 Å². The van der Waals surface area contributed by atoms with Crippen LogP contribution < -0.4 is 5.73 Å². The van der Waals surface area contributed by atoms with Gasteiger partial charge in [0.2, 0.25) is 0 Å². The minimum Gasteiger partial charge on any atom is -0.323 e. The van der Waals surface area contributed by atoms with Crippen molar-refractivity contribution >= 4 is 0 Å². The maximum Gasteiger partial charge on any atom is 0.0450 e. The predicted octanol–water partition coefficient (Wildman–Crippen LogP) is 2.64. The summed E-state index contributed by atoms with van der Waals surface area (Å²) < 4.78 is 0. The monoisotopic (exact) mass is 269 g/mol. The Balaban J connectivity index is 1.90. The molecule has 0 bridgehead atoms. The zero-order chi connectivity index (χ0) is 14.4. The van der Waals surface area contributed by atoms with Crippen molar-refractivity contribution in [3.05, 3.63) is 66.0 Å². The molecule has 0 spiro atoms. The van der Waals surface area contributed by atoms with Crippen LogP contribution in [0.1, 0.15) is 24.1 Å². The molecule has 1 aromatic heterocycles. The van der Waals surface area contributed by atoms with Crippen molar-refractivity contribution in [3.8, 4) is 0 Å². The van der Waals surface area contributed by atoms with Crippen molar-refractivity contribution in [2.45, 2.75) is 25.4 Å². The first kappa shape index (κ1) is 14.7. The van der Waals surface area contributed by atoms with Gasteiger partial charge in [-0.1, -0.05) is 30.3 Å². The first-order valence-corrected chi connectivity index (χ1v) is 7.08. The minimum absolute atomic E-state index is 0.0404. The summed E-state index contributed by atoms with van der Waals surface area (Å²) in [7, 11) is 2.13. The van der Waals surface area contributed by atoms with E-state index in [2.05, 4.69) is 48.1 Å². The summed E-state index contributed by atoms with van der Waals surface area (Å²) in [5, 5.41) is 0. The second kappa shape index (κ2) is 7.17. The van der Waals surface area contributed by atoms with Crippen LogP contribution in [0.3, 0.4) is 0 Å². The van der Waals surface area contributed by atoms with Crippen LogP contribution in [0.15, 0.2) is 54.9 Å². The molecule has 2 N–H and O–H groups in total. The average Bonchev–Trinajstić information content (AvgIpc) is 2.53. The van der Waals surface area contributed by atoms with Gasteiger partial charge in [-0.05, 0) is 43.7 Å². The Hall–Kier alpha value is -1.71. The van der Waals surface area contributed by atoms with Crippen LogP contribution in [0.4, 0.5) is 0 Å². The third kappa shape index (κ3) is 3.89.